The molecule has 2 N–H and O–H groups in total. The van der Waals surface area contributed by atoms with Crippen LogP contribution in [0.3, 0.4) is 0 Å². The molecule has 4 nitrogen and oxygen atoms in total. The Bertz CT molecular complexity index is 733. The second kappa shape index (κ2) is 5.25. The van der Waals surface area contributed by atoms with Gasteiger partial charge in [-0.05, 0) is 34.7 Å². The minimum absolute atomic E-state index is 0.00828. The molecule has 1 atom stereocenters. The molecule has 1 aromatic carbocycles. The molecule has 0 aliphatic carbocycles. The molecule has 0 spiro atoms. The summed E-state index contributed by atoms with van der Waals surface area (Å²) in [5.74, 6) is 0.602. The molecule has 1 aromatic heterocycles. The van der Waals surface area contributed by atoms with E-state index in [1.165, 1.54) is 4.90 Å². The second-order valence-electron chi connectivity index (χ2n) is 6.06. The van der Waals surface area contributed by atoms with Crippen LogP contribution >= 0.6 is 11.3 Å². The van der Waals surface area contributed by atoms with Crippen LogP contribution in [-0.2, 0) is 10.2 Å². The third kappa shape index (κ3) is 2.52. The Balaban J connectivity index is 1.93. The number of carbonyl (C=O) groups excluding carboxylic acids is 1. The van der Waals surface area contributed by atoms with Crippen molar-refractivity contribution < 1.29 is 9.90 Å². The van der Waals surface area contributed by atoms with Crippen LogP contribution in [0, 0.1) is 5.41 Å². The number of likely N-dealkylation sites (tertiary alicyclic amines) is 1. The smallest absolute Gasteiger partial charge is 0.228 e. The molecule has 0 unspecified atom stereocenters. The Labute approximate surface area is 133 Å². The van der Waals surface area contributed by atoms with E-state index in [1.807, 2.05) is 24.4 Å². The maximum atomic E-state index is 12.1. The first kappa shape index (κ1) is 14.8. The SMILES string of the molecule is CN1C(=N)C[C@](C)(c2cc(-c3cccc(O)c3)cs2)CC1=O. The van der Waals surface area contributed by atoms with Gasteiger partial charge >= 0.3 is 0 Å². The molecule has 1 amide bonds. The molecule has 22 heavy (non-hydrogen) atoms. The highest BCUT2D eigenvalue weighted by molar-refractivity contribution is 7.10. The fourth-order valence-corrected chi connectivity index (χ4v) is 3.90. The fraction of sp³-hybridized carbons (Fsp3) is 0.294. The monoisotopic (exact) mass is 314 g/mol. The molecule has 0 saturated carbocycles. The van der Waals surface area contributed by atoms with Gasteiger partial charge in [0, 0.05) is 30.2 Å². The average molecular weight is 314 g/mol. The molecule has 2 heterocycles. The molecule has 1 aliphatic heterocycles. The number of hydrogen-bond donors (Lipinski definition) is 2. The Kier molecular flexibility index (Phi) is 3.53. The highest BCUT2D eigenvalue weighted by Gasteiger charge is 2.39. The molecule has 0 radical (unpaired) electrons. The molecule has 0 bridgehead atoms. The van der Waals surface area contributed by atoms with Crippen molar-refractivity contribution in [3.05, 3.63) is 40.6 Å². The zero-order valence-corrected chi connectivity index (χ0v) is 13.4. The van der Waals surface area contributed by atoms with E-state index in [9.17, 15) is 9.90 Å². The molecule has 114 valence electrons. The summed E-state index contributed by atoms with van der Waals surface area (Å²) in [5.41, 5.74) is 1.68. The van der Waals surface area contributed by atoms with Gasteiger partial charge < -0.3 is 10.0 Å². The van der Waals surface area contributed by atoms with Crippen LogP contribution in [-0.4, -0.2) is 28.8 Å². The number of benzene rings is 1. The van der Waals surface area contributed by atoms with E-state index >= 15 is 0 Å². The number of hydrogen-bond acceptors (Lipinski definition) is 4. The lowest BCUT2D eigenvalue weighted by Crippen LogP contribution is -2.46. The van der Waals surface area contributed by atoms with Gasteiger partial charge in [-0.2, -0.15) is 0 Å². The van der Waals surface area contributed by atoms with Crippen molar-refractivity contribution in [3.8, 4) is 16.9 Å². The van der Waals surface area contributed by atoms with Crippen LogP contribution in [0.1, 0.15) is 24.6 Å². The summed E-state index contributed by atoms with van der Waals surface area (Å²) in [4.78, 5) is 14.6. The third-order valence-corrected chi connectivity index (χ3v) is 5.49. The lowest BCUT2D eigenvalue weighted by atomic mass is 9.78. The van der Waals surface area contributed by atoms with Crippen LogP contribution in [0.5, 0.6) is 5.75 Å². The summed E-state index contributed by atoms with van der Waals surface area (Å²) >= 11 is 1.61. The van der Waals surface area contributed by atoms with E-state index in [0.29, 0.717) is 18.7 Å². The van der Waals surface area contributed by atoms with Gasteiger partial charge in [0.25, 0.3) is 0 Å². The molecular formula is C17H18N2O2S. The highest BCUT2D eigenvalue weighted by Crippen LogP contribution is 2.41. The van der Waals surface area contributed by atoms with Crippen molar-refractivity contribution in [1.29, 1.82) is 5.41 Å². The molecule has 1 fully saturated rings. The quantitative estimate of drug-likeness (QED) is 0.889. The molecular weight excluding hydrogens is 296 g/mol. The minimum atomic E-state index is -0.319. The predicted molar refractivity (Wildman–Crippen MR) is 88.5 cm³/mol. The lowest BCUT2D eigenvalue weighted by Gasteiger charge is -2.36. The van der Waals surface area contributed by atoms with Gasteiger partial charge in [-0.3, -0.25) is 10.2 Å². The van der Waals surface area contributed by atoms with Crippen LogP contribution in [0.25, 0.3) is 11.1 Å². The van der Waals surface area contributed by atoms with Crippen LogP contribution in [0.15, 0.2) is 35.7 Å². The van der Waals surface area contributed by atoms with Crippen molar-refractivity contribution in [1.82, 2.24) is 4.90 Å². The number of nitrogens with one attached hydrogen (secondary N) is 1. The van der Waals surface area contributed by atoms with Gasteiger partial charge in [-0.15, -0.1) is 11.3 Å². The van der Waals surface area contributed by atoms with Crippen molar-refractivity contribution in [2.45, 2.75) is 25.2 Å². The standard InChI is InChI=1S/C17H18N2O2S/c1-17(8-15(18)19(2)16(21)9-17)14-7-12(10-22-14)11-4-3-5-13(20)6-11/h3-7,10,18,20H,8-9H2,1-2H3/t17-/m0/s1. The van der Waals surface area contributed by atoms with Gasteiger partial charge in [0.1, 0.15) is 11.6 Å². The first-order chi connectivity index (χ1) is 10.4. The maximum absolute atomic E-state index is 12.1. The molecule has 2 aromatic rings. The number of amidine groups is 1. The average Bonchev–Trinajstić information content (AvgIpc) is 2.95. The third-order valence-electron chi connectivity index (χ3n) is 4.25. The molecule has 3 rings (SSSR count). The summed E-state index contributed by atoms with van der Waals surface area (Å²) in [6.07, 6.45) is 0.987. The maximum Gasteiger partial charge on any atom is 0.228 e. The fourth-order valence-electron chi connectivity index (χ4n) is 2.82. The molecule has 5 heteroatoms. The number of amides is 1. The van der Waals surface area contributed by atoms with E-state index in [1.54, 1.807) is 30.5 Å². The number of carbonyl (C=O) groups is 1. The van der Waals surface area contributed by atoms with Crippen molar-refractivity contribution in [3.63, 3.8) is 0 Å². The lowest BCUT2D eigenvalue weighted by molar-refractivity contribution is -0.128. The van der Waals surface area contributed by atoms with E-state index in [2.05, 4.69) is 6.07 Å². The number of nitrogens with zero attached hydrogens (tertiary/aromatic N) is 1. The van der Waals surface area contributed by atoms with Crippen LogP contribution < -0.4 is 0 Å². The van der Waals surface area contributed by atoms with E-state index < -0.39 is 0 Å². The Morgan fingerprint density at radius 1 is 1.27 bits per heavy atom. The Morgan fingerprint density at radius 3 is 2.73 bits per heavy atom. The number of phenolic OH excluding ortho intramolecular Hbond substituents is 1. The summed E-state index contributed by atoms with van der Waals surface area (Å²) in [7, 11) is 1.66. The van der Waals surface area contributed by atoms with Crippen LogP contribution in [0.4, 0.5) is 0 Å². The summed E-state index contributed by atoms with van der Waals surface area (Å²) in [6, 6.07) is 9.23. The van der Waals surface area contributed by atoms with Gasteiger partial charge in [-0.1, -0.05) is 19.1 Å². The van der Waals surface area contributed by atoms with Crippen molar-refractivity contribution in [2.75, 3.05) is 7.05 Å². The first-order valence-electron chi connectivity index (χ1n) is 7.11. The van der Waals surface area contributed by atoms with Crippen molar-refractivity contribution >= 4 is 23.1 Å². The van der Waals surface area contributed by atoms with Gasteiger partial charge in [0.05, 0.1) is 0 Å². The number of rotatable bonds is 2. The number of phenols is 1. The highest BCUT2D eigenvalue weighted by atomic mass is 32.1. The van der Waals surface area contributed by atoms with E-state index in [0.717, 1.165) is 16.0 Å². The van der Waals surface area contributed by atoms with Gasteiger partial charge in [0.15, 0.2) is 0 Å². The predicted octanol–water partition coefficient (Wildman–Crippen LogP) is 3.61. The van der Waals surface area contributed by atoms with Crippen LogP contribution in [0.2, 0.25) is 0 Å². The number of piperidine rings is 1. The molecule has 1 aliphatic rings. The largest absolute Gasteiger partial charge is 0.508 e. The van der Waals surface area contributed by atoms with Crippen molar-refractivity contribution in [2.24, 2.45) is 0 Å². The second-order valence-corrected chi connectivity index (χ2v) is 6.97. The Morgan fingerprint density at radius 2 is 2.05 bits per heavy atom. The Hall–Kier alpha value is -2.14. The summed E-state index contributed by atoms with van der Waals surface area (Å²) in [5, 5.41) is 19.7. The zero-order valence-electron chi connectivity index (χ0n) is 12.6. The van der Waals surface area contributed by atoms with E-state index in [-0.39, 0.29) is 17.1 Å². The summed E-state index contributed by atoms with van der Waals surface area (Å²) < 4.78 is 0. The van der Waals surface area contributed by atoms with E-state index in [4.69, 9.17) is 5.41 Å². The first-order valence-corrected chi connectivity index (χ1v) is 7.99. The summed E-state index contributed by atoms with van der Waals surface area (Å²) in [6.45, 7) is 2.05. The van der Waals surface area contributed by atoms with Gasteiger partial charge in [-0.25, -0.2) is 0 Å². The molecule has 1 saturated heterocycles. The normalized spacial score (nSPS) is 22.2. The van der Waals surface area contributed by atoms with Gasteiger partial charge in [0.2, 0.25) is 5.91 Å². The topological polar surface area (TPSA) is 64.4 Å². The number of thiophene rings is 1. The number of aromatic hydroxyl groups is 1. The minimum Gasteiger partial charge on any atom is -0.508 e. The zero-order chi connectivity index (χ0) is 15.9.